The Kier molecular flexibility index (Phi) is 4.34. The van der Waals surface area contributed by atoms with Crippen molar-refractivity contribution >= 4 is 17.2 Å². The Morgan fingerprint density at radius 1 is 1.44 bits per heavy atom. The van der Waals surface area contributed by atoms with Crippen LogP contribution in [-0.4, -0.2) is 50.3 Å². The molecule has 2 rings (SSSR count). The van der Waals surface area contributed by atoms with Crippen molar-refractivity contribution in [2.24, 2.45) is 5.73 Å². The number of nitrogens with zero attached hydrogens (tertiary/aromatic N) is 1. The summed E-state index contributed by atoms with van der Waals surface area (Å²) in [5.41, 5.74) is 5.97. The molecule has 0 aliphatic carbocycles. The second-order valence-electron chi connectivity index (χ2n) is 4.28. The fourth-order valence-electron chi connectivity index (χ4n) is 2.16. The first-order valence-corrected chi connectivity index (χ1v) is 6.68. The van der Waals surface area contributed by atoms with E-state index in [-0.39, 0.29) is 18.1 Å². The summed E-state index contributed by atoms with van der Waals surface area (Å²) >= 11 is 1.50. The standard InChI is InChI=1S/C12H18N2O3S/c1-16-8-6-14(7-9(8)17-2)12(15)11(13)10-4-3-5-18-10/h3-5,8-9,11H,6-7,13H2,1-2H3. The molecular weight excluding hydrogens is 252 g/mol. The van der Waals surface area contributed by atoms with Crippen molar-refractivity contribution in [2.45, 2.75) is 18.2 Å². The number of methoxy groups -OCH3 is 2. The number of ether oxygens (including phenoxy) is 2. The maximum atomic E-state index is 12.3. The molecule has 18 heavy (non-hydrogen) atoms. The number of carbonyl (C=O) groups is 1. The van der Waals surface area contributed by atoms with Gasteiger partial charge in [-0.3, -0.25) is 4.79 Å². The van der Waals surface area contributed by atoms with Gasteiger partial charge in [-0.05, 0) is 11.4 Å². The first-order chi connectivity index (χ1) is 8.67. The number of carbonyl (C=O) groups excluding carboxylic acids is 1. The van der Waals surface area contributed by atoms with Crippen LogP contribution in [-0.2, 0) is 14.3 Å². The van der Waals surface area contributed by atoms with Crippen molar-refractivity contribution in [3.05, 3.63) is 22.4 Å². The lowest BCUT2D eigenvalue weighted by Gasteiger charge is -2.19. The molecule has 2 heterocycles. The third-order valence-corrected chi connectivity index (χ3v) is 4.20. The normalized spacial score (nSPS) is 25.4. The summed E-state index contributed by atoms with van der Waals surface area (Å²) < 4.78 is 10.6. The maximum Gasteiger partial charge on any atom is 0.245 e. The third-order valence-electron chi connectivity index (χ3n) is 3.25. The average Bonchev–Trinajstić information content (AvgIpc) is 3.05. The van der Waals surface area contributed by atoms with Gasteiger partial charge < -0.3 is 20.1 Å². The second kappa shape index (κ2) is 5.79. The first kappa shape index (κ1) is 13.5. The van der Waals surface area contributed by atoms with Gasteiger partial charge in [-0.1, -0.05) is 6.07 Å². The Morgan fingerprint density at radius 2 is 2.06 bits per heavy atom. The lowest BCUT2D eigenvalue weighted by Crippen LogP contribution is -2.37. The van der Waals surface area contributed by atoms with Gasteiger partial charge in [0.05, 0.1) is 0 Å². The Labute approximate surface area is 110 Å². The van der Waals surface area contributed by atoms with E-state index in [1.807, 2.05) is 17.5 Å². The fraction of sp³-hybridized carbons (Fsp3) is 0.583. The van der Waals surface area contributed by atoms with Gasteiger partial charge in [-0.25, -0.2) is 0 Å². The molecule has 1 aliphatic heterocycles. The molecule has 0 aromatic carbocycles. The smallest absolute Gasteiger partial charge is 0.245 e. The van der Waals surface area contributed by atoms with E-state index in [0.717, 1.165) is 4.88 Å². The molecule has 1 fully saturated rings. The van der Waals surface area contributed by atoms with E-state index in [2.05, 4.69) is 0 Å². The minimum atomic E-state index is -0.585. The van der Waals surface area contributed by atoms with Crippen LogP contribution in [0.25, 0.3) is 0 Å². The summed E-state index contributed by atoms with van der Waals surface area (Å²) in [6.07, 6.45) is -0.149. The van der Waals surface area contributed by atoms with E-state index < -0.39 is 6.04 Å². The molecule has 1 amide bonds. The number of hydrogen-bond donors (Lipinski definition) is 1. The van der Waals surface area contributed by atoms with E-state index in [1.54, 1.807) is 19.1 Å². The highest BCUT2D eigenvalue weighted by atomic mass is 32.1. The first-order valence-electron chi connectivity index (χ1n) is 5.80. The zero-order valence-corrected chi connectivity index (χ0v) is 11.4. The molecule has 0 bridgehead atoms. The van der Waals surface area contributed by atoms with Crippen molar-refractivity contribution in [1.82, 2.24) is 4.90 Å². The van der Waals surface area contributed by atoms with Gasteiger partial charge in [0.2, 0.25) is 5.91 Å². The predicted octanol–water partition coefficient (Wildman–Crippen LogP) is 0.620. The largest absolute Gasteiger partial charge is 0.377 e. The number of likely N-dealkylation sites (tertiary alicyclic amines) is 1. The Morgan fingerprint density at radius 3 is 2.50 bits per heavy atom. The molecule has 3 unspecified atom stereocenters. The molecule has 0 radical (unpaired) electrons. The second-order valence-corrected chi connectivity index (χ2v) is 5.26. The zero-order chi connectivity index (χ0) is 13.1. The van der Waals surface area contributed by atoms with Crippen LogP contribution in [0, 0.1) is 0 Å². The van der Waals surface area contributed by atoms with Gasteiger partial charge in [0, 0.05) is 32.2 Å². The zero-order valence-electron chi connectivity index (χ0n) is 10.5. The van der Waals surface area contributed by atoms with Crippen LogP contribution >= 0.6 is 11.3 Å². The van der Waals surface area contributed by atoms with Crippen LogP contribution in [0.1, 0.15) is 10.9 Å². The van der Waals surface area contributed by atoms with Crippen LogP contribution in [0.3, 0.4) is 0 Å². The van der Waals surface area contributed by atoms with Crippen molar-refractivity contribution in [2.75, 3.05) is 27.3 Å². The highest BCUT2D eigenvalue weighted by Gasteiger charge is 2.37. The van der Waals surface area contributed by atoms with Crippen molar-refractivity contribution < 1.29 is 14.3 Å². The average molecular weight is 270 g/mol. The van der Waals surface area contributed by atoms with Gasteiger partial charge in [0.25, 0.3) is 0 Å². The highest BCUT2D eigenvalue weighted by Crippen LogP contribution is 2.23. The van der Waals surface area contributed by atoms with E-state index in [9.17, 15) is 4.79 Å². The van der Waals surface area contributed by atoms with Crippen LogP contribution < -0.4 is 5.73 Å². The van der Waals surface area contributed by atoms with Crippen LogP contribution in [0.15, 0.2) is 17.5 Å². The van der Waals surface area contributed by atoms with Crippen LogP contribution in [0.4, 0.5) is 0 Å². The molecule has 5 nitrogen and oxygen atoms in total. The van der Waals surface area contributed by atoms with Crippen LogP contribution in [0.5, 0.6) is 0 Å². The summed E-state index contributed by atoms with van der Waals surface area (Å²) in [5, 5.41) is 1.92. The minimum absolute atomic E-state index is 0.0703. The minimum Gasteiger partial charge on any atom is -0.377 e. The SMILES string of the molecule is COC1CN(C(=O)C(N)c2cccs2)CC1OC. The summed E-state index contributed by atoms with van der Waals surface area (Å²) in [6.45, 7) is 1.07. The van der Waals surface area contributed by atoms with Crippen molar-refractivity contribution in [1.29, 1.82) is 0 Å². The molecular formula is C12H18N2O3S. The number of thiophene rings is 1. The summed E-state index contributed by atoms with van der Waals surface area (Å²) in [5.74, 6) is -0.0703. The van der Waals surface area contributed by atoms with Crippen molar-refractivity contribution in [3.8, 4) is 0 Å². The van der Waals surface area contributed by atoms with E-state index in [0.29, 0.717) is 13.1 Å². The molecule has 6 heteroatoms. The lowest BCUT2D eigenvalue weighted by molar-refractivity contribution is -0.132. The molecule has 1 aromatic rings. The molecule has 0 spiro atoms. The molecule has 0 saturated carbocycles. The number of nitrogens with two attached hydrogens (primary N) is 1. The summed E-state index contributed by atoms with van der Waals surface area (Å²) in [4.78, 5) is 14.9. The molecule has 2 N–H and O–H groups in total. The molecule has 1 aromatic heterocycles. The Balaban J connectivity index is 2.02. The maximum absolute atomic E-state index is 12.3. The Bertz CT molecular complexity index is 384. The molecule has 3 atom stereocenters. The van der Waals surface area contributed by atoms with Gasteiger partial charge >= 0.3 is 0 Å². The summed E-state index contributed by atoms with van der Waals surface area (Å²) in [6, 6.07) is 3.19. The van der Waals surface area contributed by atoms with E-state index in [4.69, 9.17) is 15.2 Å². The quantitative estimate of drug-likeness (QED) is 0.871. The fourth-order valence-corrected chi connectivity index (χ4v) is 2.88. The molecule has 100 valence electrons. The summed E-state index contributed by atoms with van der Waals surface area (Å²) in [7, 11) is 3.26. The predicted molar refractivity (Wildman–Crippen MR) is 69.4 cm³/mol. The Hall–Kier alpha value is -0.950. The van der Waals surface area contributed by atoms with E-state index >= 15 is 0 Å². The van der Waals surface area contributed by atoms with Crippen molar-refractivity contribution in [3.63, 3.8) is 0 Å². The molecule has 1 aliphatic rings. The van der Waals surface area contributed by atoms with Gasteiger partial charge in [0.15, 0.2) is 0 Å². The number of hydrogen-bond acceptors (Lipinski definition) is 5. The molecule has 1 saturated heterocycles. The van der Waals surface area contributed by atoms with E-state index in [1.165, 1.54) is 11.3 Å². The number of rotatable bonds is 4. The number of amides is 1. The van der Waals surface area contributed by atoms with Gasteiger partial charge in [0.1, 0.15) is 18.2 Å². The third kappa shape index (κ3) is 2.56. The van der Waals surface area contributed by atoms with Crippen LogP contribution in [0.2, 0.25) is 0 Å². The highest BCUT2D eigenvalue weighted by molar-refractivity contribution is 7.10. The topological polar surface area (TPSA) is 64.8 Å². The monoisotopic (exact) mass is 270 g/mol. The van der Waals surface area contributed by atoms with Gasteiger partial charge in [-0.2, -0.15) is 0 Å². The lowest BCUT2D eigenvalue weighted by atomic mass is 10.2. The van der Waals surface area contributed by atoms with Gasteiger partial charge in [-0.15, -0.1) is 11.3 Å².